The summed E-state index contributed by atoms with van der Waals surface area (Å²) in [5.74, 6) is 2.76. The highest BCUT2D eigenvalue weighted by Crippen LogP contribution is 2.27. The van der Waals surface area contributed by atoms with Crippen LogP contribution in [-0.4, -0.2) is 23.3 Å². The Labute approximate surface area is 171 Å². The number of para-hydroxylation sites is 2. The zero-order valence-corrected chi connectivity index (χ0v) is 17.0. The Bertz CT molecular complexity index is 1080. The van der Waals surface area contributed by atoms with Crippen molar-refractivity contribution in [1.82, 2.24) is 9.55 Å². The third kappa shape index (κ3) is 4.27. The van der Waals surface area contributed by atoms with Gasteiger partial charge in [-0.2, -0.15) is 0 Å². The van der Waals surface area contributed by atoms with Gasteiger partial charge in [0.25, 0.3) is 0 Å². The molecule has 0 amide bonds. The predicted molar refractivity (Wildman–Crippen MR) is 118 cm³/mol. The number of hydrogen-bond donors (Lipinski definition) is 0. The first kappa shape index (κ1) is 19.1. The first-order valence-electron chi connectivity index (χ1n) is 10.0. The quantitative estimate of drug-likeness (QED) is 0.355. The molecular weight excluding hydrogens is 360 g/mol. The van der Waals surface area contributed by atoms with Crippen LogP contribution in [0.1, 0.15) is 18.4 Å². The average molecular weight is 386 g/mol. The highest BCUT2D eigenvalue weighted by Gasteiger charge is 2.13. The number of ether oxygens (including phenoxy) is 2. The van der Waals surface area contributed by atoms with Crippen molar-refractivity contribution in [2.75, 3.05) is 13.7 Å². The number of aromatic nitrogens is 2. The van der Waals surface area contributed by atoms with Gasteiger partial charge in [0.2, 0.25) is 0 Å². The number of fused-ring (bicyclic) bond motifs is 1. The molecule has 4 aromatic rings. The highest BCUT2D eigenvalue weighted by molar-refractivity contribution is 5.81. The summed E-state index contributed by atoms with van der Waals surface area (Å²) in [6, 6.07) is 24.5. The molecule has 4 rings (SSSR count). The molecule has 0 aliphatic rings. The SMILES string of the molecule is COc1ccc(OCCCCn2c(-c3ccccc3C)nc3ccccc32)cc1. The van der Waals surface area contributed by atoms with E-state index in [-0.39, 0.29) is 0 Å². The fourth-order valence-electron chi connectivity index (χ4n) is 3.57. The van der Waals surface area contributed by atoms with Gasteiger partial charge in [0.1, 0.15) is 17.3 Å². The van der Waals surface area contributed by atoms with E-state index in [1.165, 1.54) is 16.6 Å². The molecule has 0 unspecified atom stereocenters. The van der Waals surface area contributed by atoms with Crippen molar-refractivity contribution in [1.29, 1.82) is 0 Å². The maximum absolute atomic E-state index is 5.87. The van der Waals surface area contributed by atoms with E-state index >= 15 is 0 Å². The molecule has 0 atom stereocenters. The summed E-state index contributed by atoms with van der Waals surface area (Å²) in [6.45, 7) is 3.75. The number of rotatable bonds is 8. The van der Waals surface area contributed by atoms with Gasteiger partial charge in [-0.3, -0.25) is 0 Å². The van der Waals surface area contributed by atoms with Crippen molar-refractivity contribution in [3.63, 3.8) is 0 Å². The van der Waals surface area contributed by atoms with Crippen LogP contribution < -0.4 is 9.47 Å². The van der Waals surface area contributed by atoms with E-state index in [0.717, 1.165) is 42.2 Å². The zero-order valence-electron chi connectivity index (χ0n) is 17.0. The molecule has 4 nitrogen and oxygen atoms in total. The summed E-state index contributed by atoms with van der Waals surface area (Å²) in [7, 11) is 1.67. The number of hydrogen-bond acceptors (Lipinski definition) is 3. The zero-order chi connectivity index (χ0) is 20.1. The number of unbranched alkanes of at least 4 members (excludes halogenated alkanes) is 1. The summed E-state index contributed by atoms with van der Waals surface area (Å²) in [5, 5.41) is 0. The number of benzene rings is 3. The molecule has 1 heterocycles. The van der Waals surface area contributed by atoms with Crippen LogP contribution in [-0.2, 0) is 6.54 Å². The van der Waals surface area contributed by atoms with E-state index in [0.29, 0.717) is 6.61 Å². The lowest BCUT2D eigenvalue weighted by molar-refractivity contribution is 0.303. The topological polar surface area (TPSA) is 36.3 Å². The minimum absolute atomic E-state index is 0.693. The standard InChI is InChI=1S/C25H26N2O2/c1-19-9-3-4-10-22(19)25-26-23-11-5-6-12-24(23)27(25)17-7-8-18-29-21-15-13-20(28-2)14-16-21/h3-6,9-16H,7-8,17-18H2,1-2H3. The molecule has 0 fully saturated rings. The molecular formula is C25H26N2O2. The minimum atomic E-state index is 0.693. The van der Waals surface area contributed by atoms with Crippen molar-refractivity contribution in [2.45, 2.75) is 26.3 Å². The van der Waals surface area contributed by atoms with Crippen LogP contribution in [0.25, 0.3) is 22.4 Å². The Balaban J connectivity index is 1.44. The lowest BCUT2D eigenvalue weighted by atomic mass is 10.1. The van der Waals surface area contributed by atoms with Crippen LogP contribution in [0.15, 0.2) is 72.8 Å². The third-order valence-electron chi connectivity index (χ3n) is 5.14. The molecule has 148 valence electrons. The lowest BCUT2D eigenvalue weighted by Gasteiger charge is -2.12. The fourth-order valence-corrected chi connectivity index (χ4v) is 3.57. The summed E-state index contributed by atoms with van der Waals surface area (Å²) in [4.78, 5) is 4.93. The molecule has 0 aliphatic carbocycles. The monoisotopic (exact) mass is 386 g/mol. The van der Waals surface area contributed by atoms with Crippen LogP contribution in [0.2, 0.25) is 0 Å². The van der Waals surface area contributed by atoms with Crippen LogP contribution in [0.5, 0.6) is 11.5 Å². The Hall–Kier alpha value is -3.27. The largest absolute Gasteiger partial charge is 0.497 e. The van der Waals surface area contributed by atoms with Gasteiger partial charge in [-0.15, -0.1) is 0 Å². The van der Waals surface area contributed by atoms with E-state index in [1.54, 1.807) is 7.11 Å². The van der Waals surface area contributed by atoms with Gasteiger partial charge in [-0.1, -0.05) is 36.4 Å². The van der Waals surface area contributed by atoms with Crippen LogP contribution in [0.3, 0.4) is 0 Å². The first-order valence-corrected chi connectivity index (χ1v) is 10.0. The van der Waals surface area contributed by atoms with Gasteiger partial charge in [0.05, 0.1) is 24.8 Å². The third-order valence-corrected chi connectivity index (χ3v) is 5.14. The molecule has 0 aliphatic heterocycles. The van der Waals surface area contributed by atoms with Gasteiger partial charge in [0.15, 0.2) is 0 Å². The summed E-state index contributed by atoms with van der Waals surface area (Å²) in [6.07, 6.45) is 2.00. The molecule has 0 N–H and O–H groups in total. The molecule has 0 radical (unpaired) electrons. The van der Waals surface area contributed by atoms with Crippen LogP contribution in [0.4, 0.5) is 0 Å². The number of methoxy groups -OCH3 is 1. The summed E-state index contributed by atoms with van der Waals surface area (Å²) >= 11 is 0. The van der Waals surface area contributed by atoms with E-state index < -0.39 is 0 Å². The average Bonchev–Trinajstić information content (AvgIpc) is 3.12. The summed E-state index contributed by atoms with van der Waals surface area (Å²) in [5.41, 5.74) is 4.66. The number of imidazole rings is 1. The van der Waals surface area contributed by atoms with Gasteiger partial charge in [-0.05, 0) is 61.7 Å². The number of nitrogens with zero attached hydrogens (tertiary/aromatic N) is 2. The second-order valence-corrected chi connectivity index (χ2v) is 7.12. The summed E-state index contributed by atoms with van der Waals surface area (Å²) < 4.78 is 13.4. The smallest absolute Gasteiger partial charge is 0.141 e. The van der Waals surface area contributed by atoms with Gasteiger partial charge < -0.3 is 14.0 Å². The molecule has 29 heavy (non-hydrogen) atoms. The van der Waals surface area contributed by atoms with Crippen molar-refractivity contribution in [3.8, 4) is 22.9 Å². The van der Waals surface area contributed by atoms with Crippen LogP contribution in [0, 0.1) is 6.92 Å². The van der Waals surface area contributed by atoms with Gasteiger partial charge in [-0.25, -0.2) is 4.98 Å². The number of aryl methyl sites for hydroxylation is 2. The molecule has 3 aromatic carbocycles. The van der Waals surface area contributed by atoms with Gasteiger partial charge in [0, 0.05) is 12.1 Å². The van der Waals surface area contributed by atoms with Crippen molar-refractivity contribution in [3.05, 3.63) is 78.4 Å². The Kier molecular flexibility index (Phi) is 5.80. The maximum atomic E-state index is 5.87. The fraction of sp³-hybridized carbons (Fsp3) is 0.240. The van der Waals surface area contributed by atoms with Gasteiger partial charge >= 0.3 is 0 Å². The minimum Gasteiger partial charge on any atom is -0.497 e. The molecule has 0 bridgehead atoms. The van der Waals surface area contributed by atoms with Crippen molar-refractivity contribution >= 4 is 11.0 Å². The second kappa shape index (κ2) is 8.82. The maximum Gasteiger partial charge on any atom is 0.141 e. The molecule has 0 saturated heterocycles. The Morgan fingerprint density at radius 3 is 2.34 bits per heavy atom. The predicted octanol–water partition coefficient (Wildman–Crippen LogP) is 5.88. The van der Waals surface area contributed by atoms with E-state index in [4.69, 9.17) is 14.5 Å². The van der Waals surface area contributed by atoms with Crippen LogP contribution >= 0.6 is 0 Å². The molecule has 0 spiro atoms. The highest BCUT2D eigenvalue weighted by atomic mass is 16.5. The normalized spacial score (nSPS) is 11.0. The van der Waals surface area contributed by atoms with E-state index in [1.807, 2.05) is 30.3 Å². The Morgan fingerprint density at radius 2 is 1.55 bits per heavy atom. The first-order chi connectivity index (χ1) is 14.3. The Morgan fingerprint density at radius 1 is 0.828 bits per heavy atom. The molecule has 0 saturated carbocycles. The van der Waals surface area contributed by atoms with E-state index in [2.05, 4.69) is 54.0 Å². The van der Waals surface area contributed by atoms with E-state index in [9.17, 15) is 0 Å². The second-order valence-electron chi connectivity index (χ2n) is 7.12. The van der Waals surface area contributed by atoms with Crippen molar-refractivity contribution < 1.29 is 9.47 Å². The molecule has 1 aromatic heterocycles. The van der Waals surface area contributed by atoms with Crippen molar-refractivity contribution in [2.24, 2.45) is 0 Å². The lowest BCUT2D eigenvalue weighted by Crippen LogP contribution is -2.04. The molecule has 4 heteroatoms.